The molecule has 0 rings (SSSR count). The molecule has 0 aliphatic heterocycles. The molecule has 0 saturated carbocycles. The van der Waals surface area contributed by atoms with Crippen LogP contribution < -0.4 is 0 Å². The van der Waals surface area contributed by atoms with Gasteiger partial charge in [-0.05, 0) is 74.0 Å². The highest BCUT2D eigenvalue weighted by Gasteiger charge is 2.09. The SMILES string of the molecule is CC(C)CCCCCCCCCCCCCCC(=O)O.CC(C)CCCCCCCCCCCCCCC(=O)O.CC(C)CCCCCCCCCCCCCCC(=O)O.CC(C)CCCCCCCCCCCCCCC(=O)O.CC(C)CCCCCCCCCCCCCCC(=O)O.CC(C)CCCCCCCCCCCCCCC(=O)O.OCC(O)CO.OCC(O)CO.OCC(O)CO.OCC(O)CO.OCC(O)CO. The van der Waals surface area contributed by atoms with Crippen molar-refractivity contribution in [2.24, 2.45) is 35.5 Å². The largest absolute Gasteiger partial charge is 0.481 e. The third-order valence-corrected chi connectivity index (χ3v) is 25.6. The normalized spacial score (nSPS) is 10.9. The minimum absolute atomic E-state index is 0.344. The molecule has 0 aromatic carbocycles. The van der Waals surface area contributed by atoms with Crippen LogP contribution in [0, 0.1) is 35.5 Å². The molecule has 0 bridgehead atoms. The Balaban J connectivity index is -0.000000162. The molecule has 0 fully saturated rings. The maximum atomic E-state index is 10.3. The molecule has 27 heteroatoms. The molecule has 0 heterocycles. The third-order valence-electron chi connectivity index (χ3n) is 25.6. The molecular weight excluding hydrogens is 1910 g/mol. The van der Waals surface area contributed by atoms with Crippen molar-refractivity contribution in [3.63, 3.8) is 0 Å². The summed E-state index contributed by atoms with van der Waals surface area (Å²) in [6, 6.07) is 0. The van der Waals surface area contributed by atoms with Crippen molar-refractivity contribution >= 4 is 35.8 Å². The number of aliphatic hydroxyl groups excluding tert-OH is 15. The summed E-state index contributed by atoms with van der Waals surface area (Å²) in [5, 5.41) is 171. The van der Waals surface area contributed by atoms with Crippen LogP contribution in [0.1, 0.15) is 622 Å². The highest BCUT2D eigenvalue weighted by Crippen LogP contribution is 2.23. The zero-order valence-corrected chi connectivity index (χ0v) is 99.7. The van der Waals surface area contributed by atoms with Crippen LogP contribution in [0.3, 0.4) is 0 Å². The molecule has 0 radical (unpaired) electrons. The first-order chi connectivity index (χ1) is 71.8. The Morgan fingerprint density at radius 1 is 0.120 bits per heavy atom. The van der Waals surface area contributed by atoms with Crippen molar-refractivity contribution in [3.8, 4) is 0 Å². The van der Waals surface area contributed by atoms with E-state index in [0.29, 0.717) is 38.5 Å². The van der Waals surface area contributed by atoms with Crippen LogP contribution in [0.25, 0.3) is 0 Å². The summed E-state index contributed by atoms with van der Waals surface area (Å²) in [5.41, 5.74) is 0. The minimum atomic E-state index is -0.954. The van der Waals surface area contributed by atoms with Crippen LogP contribution in [0.5, 0.6) is 0 Å². The molecule has 0 unspecified atom stereocenters. The molecule has 910 valence electrons. The summed E-state index contributed by atoms with van der Waals surface area (Å²) in [6.45, 7) is 24.0. The number of carboxylic acids is 6. The molecule has 0 atom stereocenters. The van der Waals surface area contributed by atoms with Crippen LogP contribution >= 0.6 is 0 Å². The fourth-order valence-electron chi connectivity index (χ4n) is 15.9. The molecule has 0 aromatic heterocycles. The first-order valence-electron chi connectivity index (χ1n) is 61.6. The highest BCUT2D eigenvalue weighted by molar-refractivity contribution is 5.68. The van der Waals surface area contributed by atoms with Crippen LogP contribution in [0.2, 0.25) is 0 Å². The van der Waals surface area contributed by atoms with Crippen molar-refractivity contribution in [2.45, 2.75) is 653 Å². The van der Waals surface area contributed by atoms with Crippen molar-refractivity contribution in [1.82, 2.24) is 0 Å². The van der Waals surface area contributed by atoms with Crippen LogP contribution in [-0.2, 0) is 28.8 Å². The molecule has 0 amide bonds. The van der Waals surface area contributed by atoms with Crippen molar-refractivity contribution in [2.75, 3.05) is 66.1 Å². The van der Waals surface area contributed by atoms with E-state index in [-0.39, 0.29) is 66.1 Å². The first kappa shape index (κ1) is 169. The van der Waals surface area contributed by atoms with E-state index < -0.39 is 66.3 Å². The maximum Gasteiger partial charge on any atom is 0.303 e. The lowest BCUT2D eigenvalue weighted by atomic mass is 10.0. The van der Waals surface area contributed by atoms with Gasteiger partial charge < -0.3 is 107 Å². The summed E-state index contributed by atoms with van der Waals surface area (Å²) in [6.07, 6.45) is 99.2. The van der Waals surface area contributed by atoms with Crippen molar-refractivity contribution in [1.29, 1.82) is 0 Å². The van der Waals surface area contributed by atoms with Crippen LogP contribution in [0.4, 0.5) is 0 Å². The molecule has 0 aliphatic carbocycles. The smallest absolute Gasteiger partial charge is 0.303 e. The summed E-state index contributed by atoms with van der Waals surface area (Å²) in [5.74, 6) is 1.27. The van der Waals surface area contributed by atoms with Gasteiger partial charge in [-0.2, -0.15) is 0 Å². The molecule has 0 spiro atoms. The lowest BCUT2D eigenvalue weighted by Crippen LogP contribution is -2.15. The second-order valence-electron chi connectivity index (χ2n) is 44.5. The van der Waals surface area contributed by atoms with Crippen molar-refractivity contribution < 1.29 is 136 Å². The molecule has 0 aliphatic rings. The lowest BCUT2D eigenvalue weighted by Gasteiger charge is -2.04. The lowest BCUT2D eigenvalue weighted by molar-refractivity contribution is -0.138. The van der Waals surface area contributed by atoms with E-state index in [1.54, 1.807) is 0 Å². The third kappa shape index (κ3) is 212. The molecule has 0 saturated heterocycles. The molecule has 27 nitrogen and oxygen atoms in total. The number of carbonyl (C=O) groups is 6. The highest BCUT2D eigenvalue weighted by atomic mass is 16.4. The van der Waals surface area contributed by atoms with Gasteiger partial charge in [-0.1, -0.05) is 545 Å². The first-order valence-corrected chi connectivity index (χ1v) is 61.6. The monoisotopic (exact) mass is 2170 g/mol. The molecule has 0 aromatic rings. The molecule has 150 heavy (non-hydrogen) atoms. The Kier molecular flexibility index (Phi) is 170. The summed E-state index contributed by atoms with van der Waals surface area (Å²) < 4.78 is 0. The summed E-state index contributed by atoms with van der Waals surface area (Å²) >= 11 is 0. The Morgan fingerprint density at radius 3 is 0.227 bits per heavy atom. The average molecular weight is 2170 g/mol. The second-order valence-corrected chi connectivity index (χ2v) is 44.5. The number of carboxylic acid groups (broad SMARTS) is 6. The number of hydrogen-bond donors (Lipinski definition) is 21. The van der Waals surface area contributed by atoms with Gasteiger partial charge in [0.15, 0.2) is 0 Å². The Hall–Kier alpha value is -3.78. The van der Waals surface area contributed by atoms with E-state index in [0.717, 1.165) is 113 Å². The van der Waals surface area contributed by atoms with Gasteiger partial charge in [0.2, 0.25) is 0 Å². The molecular formula is C123H256O27. The number of aliphatic hydroxyl groups is 15. The van der Waals surface area contributed by atoms with E-state index in [9.17, 15) is 28.8 Å². The van der Waals surface area contributed by atoms with Gasteiger partial charge in [0.1, 0.15) is 30.5 Å². The number of rotatable bonds is 100. The van der Waals surface area contributed by atoms with Crippen LogP contribution in [-0.4, -0.2) is 240 Å². The van der Waals surface area contributed by atoms with Gasteiger partial charge in [0.25, 0.3) is 0 Å². The Labute approximate surface area is 921 Å². The summed E-state index contributed by atoms with van der Waals surface area (Å²) in [7, 11) is 0. The standard InChI is InChI=1S/6C18H36O2.5C3H8O3/c6*1-17(2)15-13-11-9-7-5-3-4-6-8-10-12-14-16-18(19)20;5*4-1-3(6)2-5/h6*17H,3-16H2,1-2H3,(H,19,20);5*3-6H,1-2H2. The van der Waals surface area contributed by atoms with Gasteiger partial charge in [-0.15, -0.1) is 0 Å². The number of aliphatic carboxylic acids is 6. The Morgan fingerprint density at radius 2 is 0.180 bits per heavy atom. The van der Waals surface area contributed by atoms with Gasteiger partial charge >= 0.3 is 35.8 Å². The second kappa shape index (κ2) is 151. The van der Waals surface area contributed by atoms with Gasteiger partial charge in [-0.25, -0.2) is 0 Å². The number of hydrogen-bond acceptors (Lipinski definition) is 21. The van der Waals surface area contributed by atoms with Gasteiger partial charge in [0, 0.05) is 38.5 Å². The van der Waals surface area contributed by atoms with Gasteiger partial charge in [-0.3, -0.25) is 28.8 Å². The van der Waals surface area contributed by atoms with Crippen molar-refractivity contribution in [3.05, 3.63) is 0 Å². The summed E-state index contributed by atoms with van der Waals surface area (Å²) in [4.78, 5) is 62.0. The zero-order chi connectivity index (χ0) is 115. The quantitative estimate of drug-likeness (QED) is 0.0251. The van der Waals surface area contributed by atoms with E-state index >= 15 is 0 Å². The zero-order valence-electron chi connectivity index (χ0n) is 99.7. The Bertz CT molecular complexity index is 2030. The fraction of sp³-hybridized carbons (Fsp3) is 0.951. The van der Waals surface area contributed by atoms with E-state index in [2.05, 4.69) is 83.1 Å². The predicted molar refractivity (Wildman–Crippen MR) is 624 cm³/mol. The minimum Gasteiger partial charge on any atom is -0.481 e. The average Bonchev–Trinajstić information content (AvgIpc) is 1.07. The maximum absolute atomic E-state index is 10.3. The topological polar surface area (TPSA) is 527 Å². The number of unbranched alkanes of at least 4 members (excludes halogenated alkanes) is 66. The van der Waals surface area contributed by atoms with E-state index in [1.165, 1.54) is 424 Å². The van der Waals surface area contributed by atoms with E-state index in [1.807, 2.05) is 0 Å². The van der Waals surface area contributed by atoms with E-state index in [4.69, 9.17) is 107 Å². The van der Waals surface area contributed by atoms with Crippen LogP contribution in [0.15, 0.2) is 0 Å². The van der Waals surface area contributed by atoms with Gasteiger partial charge in [0.05, 0.1) is 66.1 Å². The predicted octanol–water partition coefficient (Wildman–Crippen LogP) is 28.8. The molecule has 21 N–H and O–H groups in total. The fourth-order valence-corrected chi connectivity index (χ4v) is 15.9.